The summed E-state index contributed by atoms with van der Waals surface area (Å²) in [6, 6.07) is -1.09. The van der Waals surface area contributed by atoms with Gasteiger partial charge < -0.3 is 9.64 Å². The van der Waals surface area contributed by atoms with E-state index in [-0.39, 0.29) is 13.1 Å². The highest BCUT2D eigenvalue weighted by Crippen LogP contribution is 2.20. The van der Waals surface area contributed by atoms with Gasteiger partial charge in [-0.3, -0.25) is 0 Å². The summed E-state index contributed by atoms with van der Waals surface area (Å²) >= 11 is 0. The maximum atomic E-state index is 11.8. The fourth-order valence-corrected chi connectivity index (χ4v) is 1.60. The Bertz CT molecular complexity index is 391. The summed E-state index contributed by atoms with van der Waals surface area (Å²) in [7, 11) is 0. The molecule has 0 saturated carbocycles. The standard InChI is InChI=1S/C9H15N7O2/c1-9(2,3)18-8(17)16-4-6(12-14-10)7(5-16)13-15-11/h6-7H,4-5H2,1-3H3/t6-,7-/m1/s1. The second-order valence-electron chi connectivity index (χ2n) is 4.93. The third-order valence-corrected chi connectivity index (χ3v) is 2.31. The molecule has 98 valence electrons. The Hall–Kier alpha value is -2.11. The number of azide groups is 2. The van der Waals surface area contributed by atoms with Crippen LogP contribution < -0.4 is 0 Å². The van der Waals surface area contributed by atoms with E-state index >= 15 is 0 Å². The first-order valence-corrected chi connectivity index (χ1v) is 5.43. The van der Waals surface area contributed by atoms with Gasteiger partial charge in [0.2, 0.25) is 0 Å². The number of nitrogens with zero attached hydrogens (tertiary/aromatic N) is 7. The topological polar surface area (TPSA) is 127 Å². The molecule has 0 aromatic carbocycles. The van der Waals surface area contributed by atoms with Crippen molar-refractivity contribution in [3.8, 4) is 0 Å². The van der Waals surface area contributed by atoms with Gasteiger partial charge >= 0.3 is 6.09 Å². The van der Waals surface area contributed by atoms with Crippen LogP contribution in [0.3, 0.4) is 0 Å². The Morgan fingerprint density at radius 3 is 2.00 bits per heavy atom. The minimum Gasteiger partial charge on any atom is -0.444 e. The number of amides is 1. The lowest BCUT2D eigenvalue weighted by Gasteiger charge is -2.24. The van der Waals surface area contributed by atoms with Gasteiger partial charge in [0.1, 0.15) is 5.60 Å². The Kier molecular flexibility index (Phi) is 4.25. The highest BCUT2D eigenvalue weighted by molar-refractivity contribution is 5.68. The van der Waals surface area contributed by atoms with E-state index < -0.39 is 23.8 Å². The molecule has 0 aliphatic carbocycles. The molecular formula is C9H15N7O2. The van der Waals surface area contributed by atoms with Gasteiger partial charge in [0.25, 0.3) is 0 Å². The minimum atomic E-state index is -0.596. The maximum absolute atomic E-state index is 11.8. The monoisotopic (exact) mass is 253 g/mol. The van der Waals surface area contributed by atoms with Gasteiger partial charge in [-0.25, -0.2) is 4.79 Å². The smallest absolute Gasteiger partial charge is 0.410 e. The third kappa shape index (κ3) is 3.73. The molecule has 0 N–H and O–H groups in total. The van der Waals surface area contributed by atoms with Gasteiger partial charge in [0.05, 0.1) is 12.1 Å². The number of hydrogen-bond acceptors (Lipinski definition) is 4. The molecule has 0 radical (unpaired) electrons. The van der Waals surface area contributed by atoms with Crippen LogP contribution in [0.25, 0.3) is 20.9 Å². The van der Waals surface area contributed by atoms with Crippen molar-refractivity contribution < 1.29 is 9.53 Å². The number of carbonyl (C=O) groups is 1. The molecule has 1 aliphatic rings. The first-order valence-electron chi connectivity index (χ1n) is 5.43. The molecule has 1 aliphatic heterocycles. The van der Waals surface area contributed by atoms with Gasteiger partial charge in [-0.2, -0.15) is 0 Å². The van der Waals surface area contributed by atoms with Gasteiger partial charge in [0.15, 0.2) is 0 Å². The van der Waals surface area contributed by atoms with Crippen LogP contribution in [0.4, 0.5) is 4.79 Å². The van der Waals surface area contributed by atoms with Crippen molar-refractivity contribution in [3.05, 3.63) is 20.9 Å². The average molecular weight is 253 g/mol. The fourth-order valence-electron chi connectivity index (χ4n) is 1.60. The molecule has 2 atom stereocenters. The largest absolute Gasteiger partial charge is 0.444 e. The molecule has 1 rings (SSSR count). The number of carbonyl (C=O) groups excluding carboxylic acids is 1. The van der Waals surface area contributed by atoms with Crippen LogP contribution in [-0.2, 0) is 4.74 Å². The zero-order chi connectivity index (χ0) is 13.8. The van der Waals surface area contributed by atoms with E-state index in [2.05, 4.69) is 20.1 Å². The van der Waals surface area contributed by atoms with E-state index in [1.807, 2.05) is 0 Å². The van der Waals surface area contributed by atoms with Crippen LogP contribution in [-0.4, -0.2) is 41.8 Å². The predicted molar refractivity (Wildman–Crippen MR) is 63.7 cm³/mol. The van der Waals surface area contributed by atoms with E-state index in [0.29, 0.717) is 0 Å². The lowest BCUT2D eigenvalue weighted by atomic mass is 10.2. The second kappa shape index (κ2) is 5.48. The van der Waals surface area contributed by atoms with E-state index in [9.17, 15) is 4.79 Å². The average Bonchev–Trinajstić information content (AvgIpc) is 2.61. The minimum absolute atomic E-state index is 0.197. The SMILES string of the molecule is CC(C)(C)OC(=O)N1C[C@@H](N=[N+]=[N-])[C@H](N=[N+]=[N-])C1. The Morgan fingerprint density at radius 2 is 1.67 bits per heavy atom. The van der Waals surface area contributed by atoms with Crippen molar-refractivity contribution in [2.45, 2.75) is 38.5 Å². The van der Waals surface area contributed by atoms with Gasteiger partial charge in [-0.1, -0.05) is 10.2 Å². The molecule has 0 unspecified atom stereocenters. The zero-order valence-corrected chi connectivity index (χ0v) is 10.5. The van der Waals surface area contributed by atoms with Gasteiger partial charge in [-0.05, 0) is 31.8 Å². The fraction of sp³-hybridized carbons (Fsp3) is 0.889. The molecule has 0 bridgehead atoms. The molecule has 0 aromatic rings. The van der Waals surface area contributed by atoms with Gasteiger partial charge in [0, 0.05) is 22.9 Å². The Morgan fingerprint density at radius 1 is 1.22 bits per heavy atom. The van der Waals surface area contributed by atoms with E-state index in [4.69, 9.17) is 15.8 Å². The van der Waals surface area contributed by atoms with E-state index in [1.165, 1.54) is 4.90 Å². The maximum Gasteiger partial charge on any atom is 0.410 e. The summed E-state index contributed by atoms with van der Waals surface area (Å²) in [6.07, 6.45) is -0.503. The Labute approximate surface area is 104 Å². The lowest BCUT2D eigenvalue weighted by Crippen LogP contribution is -2.35. The number of ether oxygens (including phenoxy) is 1. The third-order valence-electron chi connectivity index (χ3n) is 2.31. The van der Waals surface area contributed by atoms with Crippen LogP contribution in [0.15, 0.2) is 10.2 Å². The van der Waals surface area contributed by atoms with Crippen LogP contribution in [0, 0.1) is 0 Å². The number of hydrogen-bond donors (Lipinski definition) is 0. The predicted octanol–water partition coefficient (Wildman–Crippen LogP) is 2.59. The quantitative estimate of drug-likeness (QED) is 0.425. The van der Waals surface area contributed by atoms with Crippen molar-refractivity contribution in [2.24, 2.45) is 10.2 Å². The van der Waals surface area contributed by atoms with Crippen LogP contribution in [0.1, 0.15) is 20.8 Å². The molecule has 9 nitrogen and oxygen atoms in total. The summed E-state index contributed by atoms with van der Waals surface area (Å²) in [5.74, 6) is 0. The summed E-state index contributed by atoms with van der Waals surface area (Å²) in [6.45, 7) is 5.68. The molecule has 1 amide bonds. The van der Waals surface area contributed by atoms with Crippen molar-refractivity contribution in [1.82, 2.24) is 4.90 Å². The van der Waals surface area contributed by atoms with Crippen molar-refractivity contribution in [3.63, 3.8) is 0 Å². The molecule has 0 aromatic heterocycles. The normalized spacial score (nSPS) is 22.9. The second-order valence-corrected chi connectivity index (χ2v) is 4.93. The molecule has 1 saturated heterocycles. The molecule has 1 heterocycles. The number of rotatable bonds is 2. The van der Waals surface area contributed by atoms with E-state index in [1.54, 1.807) is 20.8 Å². The van der Waals surface area contributed by atoms with Crippen LogP contribution in [0.5, 0.6) is 0 Å². The molecule has 1 fully saturated rings. The first-order chi connectivity index (χ1) is 8.37. The molecule has 9 heteroatoms. The van der Waals surface area contributed by atoms with E-state index in [0.717, 1.165) is 0 Å². The molecule has 0 spiro atoms. The summed E-state index contributed by atoms with van der Waals surface area (Å²) < 4.78 is 5.19. The Balaban J connectivity index is 2.74. The molecule has 18 heavy (non-hydrogen) atoms. The van der Waals surface area contributed by atoms with Gasteiger partial charge in [-0.15, -0.1) is 0 Å². The van der Waals surface area contributed by atoms with Crippen molar-refractivity contribution in [1.29, 1.82) is 0 Å². The van der Waals surface area contributed by atoms with Crippen LogP contribution >= 0.6 is 0 Å². The zero-order valence-electron chi connectivity index (χ0n) is 10.5. The lowest BCUT2D eigenvalue weighted by molar-refractivity contribution is 0.0291. The van der Waals surface area contributed by atoms with Crippen molar-refractivity contribution in [2.75, 3.05) is 13.1 Å². The number of likely N-dealkylation sites (tertiary alicyclic amines) is 1. The summed E-state index contributed by atoms with van der Waals surface area (Å²) in [5.41, 5.74) is 16.2. The van der Waals surface area contributed by atoms with Crippen molar-refractivity contribution >= 4 is 6.09 Å². The summed E-state index contributed by atoms with van der Waals surface area (Å²) in [4.78, 5) is 18.5. The molecular weight excluding hydrogens is 238 g/mol. The highest BCUT2D eigenvalue weighted by atomic mass is 16.6. The highest BCUT2D eigenvalue weighted by Gasteiger charge is 2.36. The summed E-state index contributed by atoms with van der Waals surface area (Å²) in [5, 5.41) is 7.04. The first kappa shape index (κ1) is 14.0. The van der Waals surface area contributed by atoms with Crippen LogP contribution in [0.2, 0.25) is 0 Å².